The summed E-state index contributed by atoms with van der Waals surface area (Å²) in [7, 11) is 0. The summed E-state index contributed by atoms with van der Waals surface area (Å²) in [6.07, 6.45) is 0.853. The molecule has 108 valence electrons. The second-order valence-corrected chi connectivity index (χ2v) is 5.50. The fourth-order valence-electron chi connectivity index (χ4n) is 2.78. The largest absolute Gasteiger partial charge is 0.361 e. The van der Waals surface area contributed by atoms with Crippen LogP contribution in [0.3, 0.4) is 0 Å². The Morgan fingerprint density at radius 1 is 1.10 bits per heavy atom. The van der Waals surface area contributed by atoms with E-state index in [1.54, 1.807) is 0 Å². The molecule has 0 aliphatic carbocycles. The van der Waals surface area contributed by atoms with Gasteiger partial charge in [0.15, 0.2) is 0 Å². The van der Waals surface area contributed by atoms with Crippen LogP contribution in [0.2, 0.25) is 0 Å². The monoisotopic (exact) mass is 280 g/mol. The van der Waals surface area contributed by atoms with Crippen molar-refractivity contribution in [3.05, 3.63) is 65.2 Å². The van der Waals surface area contributed by atoms with Crippen LogP contribution in [0.4, 0.5) is 5.69 Å². The number of amides is 1. The average molecular weight is 280 g/mol. The highest BCUT2D eigenvalue weighted by Gasteiger charge is 2.31. The number of para-hydroxylation sites is 1. The van der Waals surface area contributed by atoms with Gasteiger partial charge in [-0.05, 0) is 31.0 Å². The molecule has 0 radical (unpaired) electrons. The predicted molar refractivity (Wildman–Crippen MR) is 85.3 cm³/mol. The van der Waals surface area contributed by atoms with E-state index in [1.165, 1.54) is 5.56 Å². The molecule has 0 unspecified atom stereocenters. The van der Waals surface area contributed by atoms with Crippen LogP contribution < -0.4 is 5.32 Å². The Balaban J connectivity index is 2.02. The predicted octanol–water partition coefficient (Wildman–Crippen LogP) is 3.97. The van der Waals surface area contributed by atoms with Crippen LogP contribution in [0.25, 0.3) is 0 Å². The summed E-state index contributed by atoms with van der Waals surface area (Å²) in [4.78, 5) is 14.7. The van der Waals surface area contributed by atoms with Crippen LogP contribution in [0.15, 0.2) is 48.5 Å². The number of fused-ring (bicyclic) bond motifs is 1. The smallest absolute Gasteiger partial charge is 0.257 e. The van der Waals surface area contributed by atoms with Gasteiger partial charge in [0.2, 0.25) is 0 Å². The molecule has 2 aromatic rings. The molecule has 3 rings (SSSR count). The van der Waals surface area contributed by atoms with E-state index in [2.05, 4.69) is 43.4 Å². The van der Waals surface area contributed by atoms with E-state index in [9.17, 15) is 4.79 Å². The highest BCUT2D eigenvalue weighted by atomic mass is 16.2. The highest BCUT2D eigenvalue weighted by Crippen LogP contribution is 2.33. The van der Waals surface area contributed by atoms with Crippen molar-refractivity contribution in [3.8, 4) is 0 Å². The number of nitrogens with one attached hydrogen (secondary N) is 1. The first-order chi connectivity index (χ1) is 10.2. The van der Waals surface area contributed by atoms with E-state index >= 15 is 0 Å². The number of rotatable bonds is 3. The minimum absolute atomic E-state index is 0.0899. The van der Waals surface area contributed by atoms with Crippen molar-refractivity contribution in [2.24, 2.45) is 0 Å². The minimum atomic E-state index is -0.0899. The van der Waals surface area contributed by atoms with E-state index in [4.69, 9.17) is 0 Å². The summed E-state index contributed by atoms with van der Waals surface area (Å²) < 4.78 is 0. The summed E-state index contributed by atoms with van der Waals surface area (Å²) in [5.41, 5.74) is 4.02. The topological polar surface area (TPSA) is 32.3 Å². The Kier molecular flexibility index (Phi) is 3.65. The zero-order valence-electron chi connectivity index (χ0n) is 12.5. The van der Waals surface area contributed by atoms with Crippen molar-refractivity contribution >= 4 is 11.6 Å². The molecule has 3 heteroatoms. The maximum absolute atomic E-state index is 12.7. The number of nitrogens with zero attached hydrogens (tertiary/aromatic N) is 1. The van der Waals surface area contributed by atoms with Crippen LogP contribution in [0.5, 0.6) is 0 Å². The van der Waals surface area contributed by atoms with Crippen molar-refractivity contribution in [3.63, 3.8) is 0 Å². The first-order valence-electron chi connectivity index (χ1n) is 7.44. The number of aryl methyl sites for hydroxylation is 1. The van der Waals surface area contributed by atoms with E-state index < -0.39 is 0 Å². The molecular formula is C18H20N2O. The highest BCUT2D eigenvalue weighted by molar-refractivity contribution is 6.01. The normalized spacial score (nSPS) is 17.3. The lowest BCUT2D eigenvalue weighted by Crippen LogP contribution is -2.43. The fourth-order valence-corrected chi connectivity index (χ4v) is 2.78. The van der Waals surface area contributed by atoms with Crippen LogP contribution >= 0.6 is 0 Å². The third kappa shape index (κ3) is 2.51. The van der Waals surface area contributed by atoms with Gasteiger partial charge in [0.25, 0.3) is 5.91 Å². The SMILES string of the molecule is CCCN1C(=O)c2ccccc2N[C@@H]1c1ccc(C)cc1. The zero-order valence-corrected chi connectivity index (χ0v) is 12.5. The van der Waals surface area contributed by atoms with Gasteiger partial charge in [-0.3, -0.25) is 4.79 Å². The molecule has 3 nitrogen and oxygen atoms in total. The van der Waals surface area contributed by atoms with Gasteiger partial charge in [-0.25, -0.2) is 0 Å². The first-order valence-corrected chi connectivity index (χ1v) is 7.44. The molecule has 0 aromatic heterocycles. The van der Waals surface area contributed by atoms with E-state index in [0.717, 1.165) is 29.8 Å². The fraction of sp³-hybridized carbons (Fsp3) is 0.278. The van der Waals surface area contributed by atoms with E-state index in [1.807, 2.05) is 29.2 Å². The number of carbonyl (C=O) groups is 1. The van der Waals surface area contributed by atoms with Gasteiger partial charge >= 0.3 is 0 Å². The lowest BCUT2D eigenvalue weighted by atomic mass is 10.0. The second-order valence-electron chi connectivity index (χ2n) is 5.50. The van der Waals surface area contributed by atoms with Crippen LogP contribution in [-0.2, 0) is 0 Å². The molecule has 1 atom stereocenters. The van der Waals surface area contributed by atoms with Gasteiger partial charge in [0.05, 0.1) is 5.56 Å². The average Bonchev–Trinajstić information content (AvgIpc) is 2.51. The maximum atomic E-state index is 12.7. The Hall–Kier alpha value is -2.29. The third-order valence-electron chi connectivity index (χ3n) is 3.88. The third-order valence-corrected chi connectivity index (χ3v) is 3.88. The summed E-state index contributed by atoms with van der Waals surface area (Å²) in [6.45, 7) is 4.92. The molecule has 1 N–H and O–H groups in total. The molecule has 1 amide bonds. The van der Waals surface area contributed by atoms with Gasteiger partial charge < -0.3 is 10.2 Å². The molecule has 21 heavy (non-hydrogen) atoms. The Morgan fingerprint density at radius 3 is 2.52 bits per heavy atom. The van der Waals surface area contributed by atoms with E-state index in [0.29, 0.717) is 0 Å². The van der Waals surface area contributed by atoms with Gasteiger partial charge in [0.1, 0.15) is 6.17 Å². The summed E-state index contributed by atoms with van der Waals surface area (Å²) in [6, 6.07) is 16.1. The zero-order chi connectivity index (χ0) is 14.8. The lowest BCUT2D eigenvalue weighted by molar-refractivity contribution is 0.0683. The van der Waals surface area contributed by atoms with Gasteiger partial charge in [-0.15, -0.1) is 0 Å². The summed E-state index contributed by atoms with van der Waals surface area (Å²) >= 11 is 0. The summed E-state index contributed by atoms with van der Waals surface area (Å²) in [5.74, 6) is 0.108. The van der Waals surface area contributed by atoms with Gasteiger partial charge in [-0.1, -0.05) is 48.9 Å². The van der Waals surface area contributed by atoms with Gasteiger partial charge in [-0.2, -0.15) is 0 Å². The molecule has 0 bridgehead atoms. The molecule has 1 aliphatic heterocycles. The van der Waals surface area contributed by atoms with Gasteiger partial charge in [0, 0.05) is 12.2 Å². The molecule has 0 saturated carbocycles. The molecule has 0 saturated heterocycles. The van der Waals surface area contributed by atoms with Crippen molar-refractivity contribution < 1.29 is 4.79 Å². The van der Waals surface area contributed by atoms with Crippen molar-refractivity contribution in [2.75, 3.05) is 11.9 Å². The number of anilines is 1. The molecule has 1 heterocycles. The van der Waals surface area contributed by atoms with Crippen LogP contribution in [-0.4, -0.2) is 17.4 Å². The molecule has 1 aliphatic rings. The Labute approximate surface area is 125 Å². The van der Waals surface area contributed by atoms with Crippen molar-refractivity contribution in [2.45, 2.75) is 26.4 Å². The van der Waals surface area contributed by atoms with Crippen molar-refractivity contribution in [1.29, 1.82) is 0 Å². The standard InChI is InChI=1S/C18H20N2O/c1-3-12-20-17(14-10-8-13(2)9-11-14)19-16-7-5-4-6-15(16)18(20)21/h4-11,17,19H,3,12H2,1-2H3/t17-/m0/s1. The second kappa shape index (κ2) is 5.60. The molecule has 0 spiro atoms. The first kappa shape index (κ1) is 13.7. The maximum Gasteiger partial charge on any atom is 0.257 e. The molecular weight excluding hydrogens is 260 g/mol. The number of carbonyl (C=O) groups excluding carboxylic acids is 1. The van der Waals surface area contributed by atoms with Crippen molar-refractivity contribution in [1.82, 2.24) is 4.90 Å². The lowest BCUT2D eigenvalue weighted by Gasteiger charge is -2.38. The summed E-state index contributed by atoms with van der Waals surface area (Å²) in [5, 5.41) is 3.50. The number of benzene rings is 2. The van der Waals surface area contributed by atoms with Crippen LogP contribution in [0, 0.1) is 6.92 Å². The van der Waals surface area contributed by atoms with Crippen LogP contribution in [0.1, 0.15) is 41.0 Å². The molecule has 2 aromatic carbocycles. The Morgan fingerprint density at radius 2 is 1.81 bits per heavy atom. The minimum Gasteiger partial charge on any atom is -0.361 e. The molecule has 0 fully saturated rings. The quantitative estimate of drug-likeness (QED) is 0.922. The Bertz CT molecular complexity index is 649. The number of hydrogen-bond acceptors (Lipinski definition) is 2. The van der Waals surface area contributed by atoms with E-state index in [-0.39, 0.29) is 12.1 Å². The number of hydrogen-bond donors (Lipinski definition) is 1.